The van der Waals surface area contributed by atoms with Gasteiger partial charge < -0.3 is 5.32 Å². The van der Waals surface area contributed by atoms with Gasteiger partial charge in [-0.25, -0.2) is 4.98 Å². The Labute approximate surface area is 149 Å². The minimum Gasteiger partial charge on any atom is -0.325 e. The van der Waals surface area contributed by atoms with Crippen molar-refractivity contribution in [2.45, 2.75) is 39.7 Å². The maximum Gasteiger partial charge on any atom is 0.262 e. The summed E-state index contributed by atoms with van der Waals surface area (Å²) in [7, 11) is 0. The van der Waals surface area contributed by atoms with Gasteiger partial charge in [0.2, 0.25) is 5.91 Å². The van der Waals surface area contributed by atoms with E-state index >= 15 is 0 Å². The van der Waals surface area contributed by atoms with Crippen LogP contribution in [0.3, 0.4) is 0 Å². The number of hydrogen-bond donors (Lipinski definition) is 1. The SMILES string of the molecule is Cc1sc2ncn(CC(=O)Nc3ccc4c(c3)CCC4)c(=O)c2c1C. The first-order valence-electron chi connectivity index (χ1n) is 8.40. The standard InChI is InChI=1S/C19H19N3O2S/c1-11-12(2)25-18-17(11)19(24)22(10-20-18)9-16(23)21-15-7-6-13-4-3-5-14(13)8-15/h6-8,10H,3-5,9H2,1-2H3,(H,21,23). The largest absolute Gasteiger partial charge is 0.325 e. The van der Waals surface area contributed by atoms with Crippen molar-refractivity contribution in [1.82, 2.24) is 9.55 Å². The van der Waals surface area contributed by atoms with Gasteiger partial charge >= 0.3 is 0 Å². The molecule has 25 heavy (non-hydrogen) atoms. The van der Waals surface area contributed by atoms with E-state index in [2.05, 4.69) is 16.4 Å². The minimum atomic E-state index is -0.217. The number of rotatable bonds is 3. The van der Waals surface area contributed by atoms with Gasteiger partial charge in [0.15, 0.2) is 0 Å². The third kappa shape index (κ3) is 2.87. The Bertz CT molecular complexity index is 1050. The van der Waals surface area contributed by atoms with Gasteiger partial charge in [0.1, 0.15) is 11.4 Å². The van der Waals surface area contributed by atoms with Crippen LogP contribution in [0.25, 0.3) is 10.2 Å². The maximum absolute atomic E-state index is 12.7. The van der Waals surface area contributed by atoms with Crippen molar-refractivity contribution in [2.75, 3.05) is 5.32 Å². The van der Waals surface area contributed by atoms with Crippen LogP contribution in [0.4, 0.5) is 5.69 Å². The molecule has 6 heteroatoms. The highest BCUT2D eigenvalue weighted by atomic mass is 32.1. The van der Waals surface area contributed by atoms with Crippen LogP contribution in [-0.2, 0) is 24.2 Å². The van der Waals surface area contributed by atoms with E-state index in [4.69, 9.17) is 0 Å². The lowest BCUT2D eigenvalue weighted by Gasteiger charge is -2.09. The number of carbonyl (C=O) groups is 1. The summed E-state index contributed by atoms with van der Waals surface area (Å²) in [5, 5.41) is 3.51. The smallest absolute Gasteiger partial charge is 0.262 e. The molecule has 3 aromatic rings. The van der Waals surface area contributed by atoms with Crippen molar-refractivity contribution in [3.63, 3.8) is 0 Å². The number of fused-ring (bicyclic) bond motifs is 2. The van der Waals surface area contributed by atoms with E-state index in [9.17, 15) is 9.59 Å². The number of amides is 1. The summed E-state index contributed by atoms with van der Waals surface area (Å²) in [5.41, 5.74) is 4.26. The van der Waals surface area contributed by atoms with Gasteiger partial charge in [0.05, 0.1) is 11.7 Å². The summed E-state index contributed by atoms with van der Waals surface area (Å²) in [6.07, 6.45) is 4.81. The summed E-state index contributed by atoms with van der Waals surface area (Å²) < 4.78 is 1.38. The van der Waals surface area contributed by atoms with Gasteiger partial charge in [-0.1, -0.05) is 6.07 Å². The van der Waals surface area contributed by atoms with E-state index in [0.717, 1.165) is 33.8 Å². The summed E-state index contributed by atoms with van der Waals surface area (Å²) in [4.78, 5) is 31.2. The van der Waals surface area contributed by atoms with Crippen LogP contribution in [0, 0.1) is 13.8 Å². The molecule has 1 amide bonds. The Balaban J connectivity index is 1.57. The molecular weight excluding hydrogens is 334 g/mol. The number of anilines is 1. The van der Waals surface area contributed by atoms with Crippen LogP contribution in [-0.4, -0.2) is 15.5 Å². The number of hydrogen-bond acceptors (Lipinski definition) is 4. The van der Waals surface area contributed by atoms with Gasteiger partial charge in [-0.05, 0) is 61.9 Å². The lowest BCUT2D eigenvalue weighted by molar-refractivity contribution is -0.116. The molecule has 0 atom stereocenters. The first-order chi connectivity index (χ1) is 12.0. The van der Waals surface area contributed by atoms with Gasteiger partial charge in [-0.3, -0.25) is 14.2 Å². The van der Waals surface area contributed by atoms with E-state index in [1.807, 2.05) is 26.0 Å². The van der Waals surface area contributed by atoms with Crippen LogP contribution in [0.1, 0.15) is 28.0 Å². The van der Waals surface area contributed by atoms with Crippen molar-refractivity contribution in [3.05, 3.63) is 56.4 Å². The average Bonchev–Trinajstić information content (AvgIpc) is 3.15. The quantitative estimate of drug-likeness (QED) is 0.786. The van der Waals surface area contributed by atoms with E-state index in [1.54, 1.807) is 0 Å². The number of thiophene rings is 1. The molecule has 0 radical (unpaired) electrons. The lowest BCUT2D eigenvalue weighted by Crippen LogP contribution is -2.27. The van der Waals surface area contributed by atoms with Gasteiger partial charge in [0.25, 0.3) is 5.56 Å². The Morgan fingerprint density at radius 1 is 1.28 bits per heavy atom. The fourth-order valence-corrected chi connectivity index (χ4v) is 4.37. The summed E-state index contributed by atoms with van der Waals surface area (Å²) in [5.74, 6) is -0.217. The van der Waals surface area contributed by atoms with Crippen molar-refractivity contribution in [3.8, 4) is 0 Å². The molecule has 128 valence electrons. The Morgan fingerprint density at radius 2 is 2.08 bits per heavy atom. The van der Waals surface area contributed by atoms with E-state index < -0.39 is 0 Å². The Morgan fingerprint density at radius 3 is 2.92 bits per heavy atom. The van der Waals surface area contributed by atoms with Crippen molar-refractivity contribution >= 4 is 33.1 Å². The van der Waals surface area contributed by atoms with E-state index in [-0.39, 0.29) is 18.0 Å². The second-order valence-corrected chi connectivity index (χ2v) is 7.73. The zero-order valence-electron chi connectivity index (χ0n) is 14.3. The molecule has 0 unspecified atom stereocenters. The first-order valence-corrected chi connectivity index (χ1v) is 9.21. The molecule has 1 aliphatic carbocycles. The highest BCUT2D eigenvalue weighted by Crippen LogP contribution is 2.26. The predicted molar refractivity (Wildman–Crippen MR) is 100 cm³/mol. The molecule has 2 aromatic heterocycles. The molecule has 4 rings (SSSR count). The monoisotopic (exact) mass is 353 g/mol. The number of aryl methyl sites for hydroxylation is 4. The molecule has 0 spiro atoms. The fourth-order valence-electron chi connectivity index (χ4n) is 3.39. The molecule has 0 bridgehead atoms. The second kappa shape index (κ2) is 6.11. The molecule has 1 N–H and O–H groups in total. The summed E-state index contributed by atoms with van der Waals surface area (Å²) in [6.45, 7) is 3.87. The highest BCUT2D eigenvalue weighted by molar-refractivity contribution is 7.18. The van der Waals surface area contributed by atoms with Crippen molar-refractivity contribution < 1.29 is 4.79 Å². The van der Waals surface area contributed by atoms with Crippen LogP contribution in [0.15, 0.2) is 29.3 Å². The Hall–Kier alpha value is -2.47. The fraction of sp³-hybridized carbons (Fsp3) is 0.316. The third-order valence-electron chi connectivity index (χ3n) is 4.85. The zero-order chi connectivity index (χ0) is 17.6. The highest BCUT2D eigenvalue weighted by Gasteiger charge is 2.15. The van der Waals surface area contributed by atoms with Crippen molar-refractivity contribution in [2.24, 2.45) is 0 Å². The predicted octanol–water partition coefficient (Wildman–Crippen LogP) is 3.20. The minimum absolute atomic E-state index is 0.0345. The zero-order valence-corrected chi connectivity index (χ0v) is 15.1. The topological polar surface area (TPSA) is 64.0 Å². The molecule has 2 heterocycles. The molecule has 1 aliphatic rings. The molecule has 5 nitrogen and oxygen atoms in total. The molecule has 0 saturated carbocycles. The molecule has 1 aromatic carbocycles. The van der Waals surface area contributed by atoms with Gasteiger partial charge in [-0.15, -0.1) is 11.3 Å². The maximum atomic E-state index is 12.7. The number of carbonyl (C=O) groups excluding carboxylic acids is 1. The molecule has 0 saturated heterocycles. The lowest BCUT2D eigenvalue weighted by atomic mass is 10.1. The van der Waals surface area contributed by atoms with Crippen LogP contribution in [0.5, 0.6) is 0 Å². The molecule has 0 aliphatic heterocycles. The van der Waals surface area contributed by atoms with Gasteiger partial charge in [-0.2, -0.15) is 0 Å². The number of nitrogens with zero attached hydrogens (tertiary/aromatic N) is 2. The molecule has 0 fully saturated rings. The summed E-state index contributed by atoms with van der Waals surface area (Å²) in [6, 6.07) is 6.05. The normalized spacial score (nSPS) is 13.2. The average molecular weight is 353 g/mol. The van der Waals surface area contributed by atoms with Crippen LogP contribution < -0.4 is 10.9 Å². The van der Waals surface area contributed by atoms with Crippen LogP contribution >= 0.6 is 11.3 Å². The number of benzene rings is 1. The van der Waals surface area contributed by atoms with Crippen molar-refractivity contribution in [1.29, 1.82) is 0 Å². The Kier molecular flexibility index (Phi) is 3.92. The van der Waals surface area contributed by atoms with Crippen LogP contribution in [0.2, 0.25) is 0 Å². The third-order valence-corrected chi connectivity index (χ3v) is 5.97. The number of nitrogens with one attached hydrogen (secondary N) is 1. The molecular formula is C19H19N3O2S. The van der Waals surface area contributed by atoms with Gasteiger partial charge in [0, 0.05) is 10.6 Å². The van der Waals surface area contributed by atoms with E-state index in [1.165, 1.54) is 39.8 Å². The van der Waals surface area contributed by atoms with E-state index in [0.29, 0.717) is 5.39 Å². The second-order valence-electron chi connectivity index (χ2n) is 6.53. The summed E-state index contributed by atoms with van der Waals surface area (Å²) >= 11 is 1.51. The number of aromatic nitrogens is 2. The first kappa shape index (κ1) is 16.0.